The van der Waals surface area contributed by atoms with E-state index in [2.05, 4.69) is 15.9 Å². The number of aliphatic hydroxyl groups excluding tert-OH is 1. The molecular weight excluding hydrogens is 330 g/mol. The molecule has 1 aromatic carbocycles. The van der Waals surface area contributed by atoms with Crippen molar-refractivity contribution in [2.75, 3.05) is 19.7 Å². The average molecular weight is 347 g/mol. The van der Waals surface area contributed by atoms with Gasteiger partial charge in [-0.2, -0.15) is 0 Å². The Balaban J connectivity index is 2.10. The lowest BCUT2D eigenvalue weighted by Gasteiger charge is -2.32. The first kappa shape index (κ1) is 14.8. The Labute approximate surface area is 126 Å². The van der Waals surface area contributed by atoms with E-state index in [4.69, 9.17) is 16.7 Å². The van der Waals surface area contributed by atoms with Crippen LogP contribution >= 0.6 is 27.5 Å². The second kappa shape index (κ2) is 6.73. The summed E-state index contributed by atoms with van der Waals surface area (Å²) < 4.78 is 0.731. The van der Waals surface area contributed by atoms with Crippen LogP contribution in [0.25, 0.3) is 0 Å². The molecule has 1 heterocycles. The zero-order valence-electron chi connectivity index (χ0n) is 10.6. The molecule has 5 heteroatoms. The minimum Gasteiger partial charge on any atom is -0.396 e. The second-order valence-corrected chi connectivity index (χ2v) is 6.19. The largest absolute Gasteiger partial charge is 0.396 e. The van der Waals surface area contributed by atoms with Crippen LogP contribution in [0.3, 0.4) is 0 Å². The Kier molecular flexibility index (Phi) is 5.25. The van der Waals surface area contributed by atoms with E-state index in [1.165, 1.54) is 0 Å². The van der Waals surface area contributed by atoms with E-state index in [9.17, 15) is 4.79 Å². The van der Waals surface area contributed by atoms with Crippen molar-refractivity contribution in [2.45, 2.75) is 19.3 Å². The maximum Gasteiger partial charge on any atom is 0.255 e. The van der Waals surface area contributed by atoms with Crippen LogP contribution in [0.1, 0.15) is 29.6 Å². The number of likely N-dealkylation sites (tertiary alicyclic amines) is 1. The Hall–Kier alpha value is -0.580. The van der Waals surface area contributed by atoms with Crippen molar-refractivity contribution in [3.8, 4) is 0 Å². The number of benzene rings is 1. The first-order valence-electron chi connectivity index (χ1n) is 6.47. The third-order valence-corrected chi connectivity index (χ3v) is 4.40. The number of halogens is 2. The standard InChI is InChI=1S/C14H17BrClNO2/c15-13-8-11(16)3-4-12(13)14(19)17-6-1-2-10(9-17)5-7-18/h3-4,8,10,18H,1-2,5-7,9H2. The van der Waals surface area contributed by atoms with Crippen LogP contribution in [-0.2, 0) is 0 Å². The third kappa shape index (κ3) is 3.71. The maximum atomic E-state index is 12.5. The summed E-state index contributed by atoms with van der Waals surface area (Å²) in [4.78, 5) is 14.3. The van der Waals surface area contributed by atoms with Crippen LogP contribution in [0.5, 0.6) is 0 Å². The van der Waals surface area contributed by atoms with Gasteiger partial charge in [0.05, 0.1) is 5.56 Å². The molecule has 2 rings (SSSR count). The fourth-order valence-electron chi connectivity index (χ4n) is 2.50. The van der Waals surface area contributed by atoms with Crippen LogP contribution < -0.4 is 0 Å². The van der Waals surface area contributed by atoms with Crippen LogP contribution in [0, 0.1) is 5.92 Å². The molecule has 1 fully saturated rings. The predicted octanol–water partition coefficient (Wildman–Crippen LogP) is 3.34. The van der Waals surface area contributed by atoms with E-state index in [0.29, 0.717) is 16.5 Å². The SMILES string of the molecule is O=C(c1ccc(Cl)cc1Br)N1CCCC(CCO)C1. The molecule has 0 radical (unpaired) electrons. The monoisotopic (exact) mass is 345 g/mol. The quantitative estimate of drug-likeness (QED) is 0.912. The van der Waals surface area contributed by atoms with E-state index in [1.807, 2.05) is 4.90 Å². The molecule has 0 aliphatic carbocycles. The lowest BCUT2D eigenvalue weighted by atomic mass is 9.94. The molecule has 0 aromatic heterocycles. The summed E-state index contributed by atoms with van der Waals surface area (Å²) in [5.74, 6) is 0.444. The van der Waals surface area contributed by atoms with Gasteiger partial charge in [-0.3, -0.25) is 4.79 Å². The zero-order chi connectivity index (χ0) is 13.8. The van der Waals surface area contributed by atoms with Crippen molar-refractivity contribution in [1.29, 1.82) is 0 Å². The fraction of sp³-hybridized carbons (Fsp3) is 0.500. The van der Waals surface area contributed by atoms with Gasteiger partial charge >= 0.3 is 0 Å². The first-order chi connectivity index (χ1) is 9.11. The number of nitrogens with zero attached hydrogens (tertiary/aromatic N) is 1. The summed E-state index contributed by atoms with van der Waals surface area (Å²) >= 11 is 9.28. The normalized spacial score (nSPS) is 19.5. The van der Waals surface area contributed by atoms with E-state index in [0.717, 1.165) is 36.8 Å². The number of piperidine rings is 1. The van der Waals surface area contributed by atoms with Crippen LogP contribution in [-0.4, -0.2) is 35.6 Å². The number of amides is 1. The highest BCUT2D eigenvalue weighted by Gasteiger charge is 2.25. The smallest absolute Gasteiger partial charge is 0.255 e. The van der Waals surface area contributed by atoms with Gasteiger partial charge in [-0.25, -0.2) is 0 Å². The molecule has 1 atom stereocenters. The summed E-state index contributed by atoms with van der Waals surface area (Å²) in [6.07, 6.45) is 2.86. The number of carbonyl (C=O) groups is 1. The highest BCUT2D eigenvalue weighted by molar-refractivity contribution is 9.10. The van der Waals surface area contributed by atoms with Crippen molar-refractivity contribution in [1.82, 2.24) is 4.90 Å². The van der Waals surface area contributed by atoms with Crippen LogP contribution in [0.4, 0.5) is 0 Å². The molecule has 0 spiro atoms. The van der Waals surface area contributed by atoms with Gasteiger partial charge in [0, 0.05) is 29.2 Å². The summed E-state index contributed by atoms with van der Waals surface area (Å²) in [6.45, 7) is 1.71. The lowest BCUT2D eigenvalue weighted by Crippen LogP contribution is -2.40. The van der Waals surface area contributed by atoms with Gasteiger partial charge in [-0.1, -0.05) is 11.6 Å². The summed E-state index contributed by atoms with van der Waals surface area (Å²) in [6, 6.07) is 5.23. The van der Waals surface area contributed by atoms with Gasteiger partial charge in [0.1, 0.15) is 0 Å². The maximum absolute atomic E-state index is 12.5. The van der Waals surface area contributed by atoms with Gasteiger partial charge in [-0.05, 0) is 59.3 Å². The molecule has 1 amide bonds. The Morgan fingerprint density at radius 3 is 3.00 bits per heavy atom. The van der Waals surface area contributed by atoms with Gasteiger partial charge in [0.25, 0.3) is 5.91 Å². The van der Waals surface area contributed by atoms with Gasteiger partial charge < -0.3 is 10.0 Å². The van der Waals surface area contributed by atoms with Gasteiger partial charge in [0.15, 0.2) is 0 Å². The highest BCUT2D eigenvalue weighted by atomic mass is 79.9. The first-order valence-corrected chi connectivity index (χ1v) is 7.64. The summed E-state index contributed by atoms with van der Waals surface area (Å²) in [5, 5.41) is 9.62. The molecular formula is C14H17BrClNO2. The molecule has 3 nitrogen and oxygen atoms in total. The van der Waals surface area contributed by atoms with Crippen molar-refractivity contribution in [2.24, 2.45) is 5.92 Å². The number of rotatable bonds is 3. The van der Waals surface area contributed by atoms with Crippen LogP contribution in [0.2, 0.25) is 5.02 Å². The molecule has 1 aromatic rings. The van der Waals surface area contributed by atoms with Crippen molar-refractivity contribution in [3.05, 3.63) is 33.3 Å². The summed E-state index contributed by atoms with van der Waals surface area (Å²) in [5.41, 5.74) is 0.647. The lowest BCUT2D eigenvalue weighted by molar-refractivity contribution is 0.0652. The van der Waals surface area contributed by atoms with Gasteiger partial charge in [0.2, 0.25) is 0 Å². The minimum absolute atomic E-state index is 0.0335. The molecule has 1 aliphatic heterocycles. The van der Waals surface area contributed by atoms with E-state index < -0.39 is 0 Å². The topological polar surface area (TPSA) is 40.5 Å². The minimum atomic E-state index is 0.0335. The third-order valence-electron chi connectivity index (χ3n) is 3.51. The average Bonchev–Trinajstić information content (AvgIpc) is 2.39. The molecule has 104 valence electrons. The van der Waals surface area contributed by atoms with E-state index >= 15 is 0 Å². The second-order valence-electron chi connectivity index (χ2n) is 4.90. The van der Waals surface area contributed by atoms with Crippen molar-refractivity contribution < 1.29 is 9.90 Å². The Morgan fingerprint density at radius 2 is 2.32 bits per heavy atom. The summed E-state index contributed by atoms with van der Waals surface area (Å²) in [7, 11) is 0. The number of aliphatic hydroxyl groups is 1. The fourth-order valence-corrected chi connectivity index (χ4v) is 3.35. The molecule has 1 saturated heterocycles. The predicted molar refractivity (Wildman–Crippen MR) is 79.5 cm³/mol. The van der Waals surface area contributed by atoms with Gasteiger partial charge in [-0.15, -0.1) is 0 Å². The number of hydrogen-bond acceptors (Lipinski definition) is 2. The van der Waals surface area contributed by atoms with E-state index in [-0.39, 0.29) is 12.5 Å². The number of carbonyl (C=O) groups excluding carboxylic acids is 1. The molecule has 1 N–H and O–H groups in total. The zero-order valence-corrected chi connectivity index (χ0v) is 13.0. The van der Waals surface area contributed by atoms with Crippen LogP contribution in [0.15, 0.2) is 22.7 Å². The van der Waals surface area contributed by atoms with Crippen molar-refractivity contribution in [3.63, 3.8) is 0 Å². The molecule has 19 heavy (non-hydrogen) atoms. The highest BCUT2D eigenvalue weighted by Crippen LogP contribution is 2.26. The van der Waals surface area contributed by atoms with E-state index in [1.54, 1.807) is 18.2 Å². The Bertz CT molecular complexity index is 465. The molecule has 1 aliphatic rings. The Morgan fingerprint density at radius 1 is 1.53 bits per heavy atom. The molecule has 1 unspecified atom stereocenters. The van der Waals surface area contributed by atoms with Crippen molar-refractivity contribution >= 4 is 33.4 Å². The molecule has 0 bridgehead atoms. The molecule has 0 saturated carbocycles. The number of hydrogen-bond donors (Lipinski definition) is 1.